The zero-order chi connectivity index (χ0) is 15.1. The van der Waals surface area contributed by atoms with Gasteiger partial charge < -0.3 is 9.47 Å². The van der Waals surface area contributed by atoms with Crippen LogP contribution in [0.25, 0.3) is 0 Å². The van der Waals surface area contributed by atoms with Gasteiger partial charge in [0.05, 0.1) is 23.8 Å². The number of esters is 2. The third kappa shape index (κ3) is 4.68. The maximum atomic E-state index is 12.1. The predicted octanol–water partition coefficient (Wildman–Crippen LogP) is 3.45. The van der Waals surface area contributed by atoms with Crippen LogP contribution in [0.5, 0.6) is 0 Å². The average Bonchev–Trinajstić information content (AvgIpc) is 2.37. The van der Waals surface area contributed by atoms with Crippen molar-refractivity contribution in [2.45, 2.75) is 40.2 Å². The zero-order valence-electron chi connectivity index (χ0n) is 12.5. The van der Waals surface area contributed by atoms with Crippen molar-refractivity contribution in [3.05, 3.63) is 35.4 Å². The molecule has 20 heavy (non-hydrogen) atoms. The Morgan fingerprint density at radius 2 is 1.60 bits per heavy atom. The number of carbonyl (C=O) groups excluding carboxylic acids is 2. The fourth-order valence-corrected chi connectivity index (χ4v) is 2.01. The summed E-state index contributed by atoms with van der Waals surface area (Å²) >= 11 is 0. The standard InChI is InChI=1S/C16H22O4/c1-5-19-15(17)13-8-6-7-9-14(13)16(18)20-12(4)10-11(2)3/h6-9,11-12H,5,10H2,1-4H3. The summed E-state index contributed by atoms with van der Waals surface area (Å²) < 4.78 is 10.3. The summed E-state index contributed by atoms with van der Waals surface area (Å²) in [7, 11) is 0. The second kappa shape index (κ2) is 7.68. The van der Waals surface area contributed by atoms with E-state index in [0.717, 1.165) is 6.42 Å². The van der Waals surface area contributed by atoms with Crippen LogP contribution >= 0.6 is 0 Å². The Kier molecular flexibility index (Phi) is 6.22. The Bertz CT molecular complexity index is 465. The molecule has 0 aliphatic rings. The molecule has 0 bridgehead atoms. The van der Waals surface area contributed by atoms with Gasteiger partial charge >= 0.3 is 11.9 Å². The molecule has 0 saturated carbocycles. The Balaban J connectivity index is 2.85. The molecule has 110 valence electrons. The molecular weight excluding hydrogens is 256 g/mol. The van der Waals surface area contributed by atoms with E-state index in [9.17, 15) is 9.59 Å². The van der Waals surface area contributed by atoms with E-state index >= 15 is 0 Å². The van der Waals surface area contributed by atoms with Gasteiger partial charge in [-0.15, -0.1) is 0 Å². The van der Waals surface area contributed by atoms with Crippen LogP contribution in [0, 0.1) is 5.92 Å². The Labute approximate surface area is 120 Å². The van der Waals surface area contributed by atoms with Crippen molar-refractivity contribution >= 4 is 11.9 Å². The molecule has 0 aliphatic heterocycles. The van der Waals surface area contributed by atoms with Gasteiger partial charge in [0, 0.05) is 0 Å². The fraction of sp³-hybridized carbons (Fsp3) is 0.500. The molecule has 1 aromatic carbocycles. The second-order valence-electron chi connectivity index (χ2n) is 5.11. The van der Waals surface area contributed by atoms with Gasteiger partial charge in [-0.2, -0.15) is 0 Å². The van der Waals surface area contributed by atoms with E-state index in [4.69, 9.17) is 9.47 Å². The quantitative estimate of drug-likeness (QED) is 0.748. The number of hydrogen-bond donors (Lipinski definition) is 0. The first-order valence-corrected chi connectivity index (χ1v) is 6.92. The van der Waals surface area contributed by atoms with Crippen LogP contribution < -0.4 is 0 Å². The minimum atomic E-state index is -0.503. The van der Waals surface area contributed by atoms with Crippen molar-refractivity contribution < 1.29 is 19.1 Å². The lowest BCUT2D eigenvalue weighted by Crippen LogP contribution is -2.19. The maximum absolute atomic E-state index is 12.1. The summed E-state index contributed by atoms with van der Waals surface area (Å²) in [6.45, 7) is 7.98. The van der Waals surface area contributed by atoms with Crippen LogP contribution in [0.1, 0.15) is 54.8 Å². The summed E-state index contributed by atoms with van der Waals surface area (Å²) in [4.78, 5) is 23.9. The van der Waals surface area contributed by atoms with Crippen LogP contribution in [0.15, 0.2) is 24.3 Å². The van der Waals surface area contributed by atoms with Gasteiger partial charge in [0.15, 0.2) is 0 Å². The summed E-state index contributed by atoms with van der Waals surface area (Å²) in [5.74, 6) is -0.545. The number of rotatable bonds is 6. The van der Waals surface area contributed by atoms with Crippen molar-refractivity contribution in [1.82, 2.24) is 0 Å². The van der Waals surface area contributed by atoms with Crippen molar-refractivity contribution in [2.24, 2.45) is 5.92 Å². The molecule has 1 aromatic rings. The molecular formula is C16H22O4. The number of ether oxygens (including phenoxy) is 2. The minimum Gasteiger partial charge on any atom is -0.462 e. The molecule has 0 N–H and O–H groups in total. The molecule has 1 unspecified atom stereocenters. The van der Waals surface area contributed by atoms with E-state index in [1.807, 2.05) is 6.92 Å². The third-order valence-corrected chi connectivity index (χ3v) is 2.75. The highest BCUT2D eigenvalue weighted by Crippen LogP contribution is 2.15. The van der Waals surface area contributed by atoms with E-state index in [2.05, 4.69) is 13.8 Å². The van der Waals surface area contributed by atoms with Crippen LogP contribution in [0.4, 0.5) is 0 Å². The first kappa shape index (κ1) is 16.2. The smallest absolute Gasteiger partial charge is 0.339 e. The first-order valence-electron chi connectivity index (χ1n) is 6.92. The molecule has 4 nitrogen and oxygen atoms in total. The highest BCUT2D eigenvalue weighted by atomic mass is 16.5. The van der Waals surface area contributed by atoms with E-state index in [-0.39, 0.29) is 23.8 Å². The number of benzene rings is 1. The molecule has 0 amide bonds. The molecule has 0 radical (unpaired) electrons. The first-order chi connectivity index (χ1) is 9.45. The molecule has 4 heteroatoms. The van der Waals surface area contributed by atoms with E-state index < -0.39 is 11.9 Å². The lowest BCUT2D eigenvalue weighted by molar-refractivity contribution is 0.0290. The monoisotopic (exact) mass is 278 g/mol. The highest BCUT2D eigenvalue weighted by molar-refractivity contribution is 6.03. The normalized spacial score (nSPS) is 12.1. The third-order valence-electron chi connectivity index (χ3n) is 2.75. The summed E-state index contributed by atoms with van der Waals surface area (Å²) in [6, 6.07) is 6.55. The Morgan fingerprint density at radius 1 is 1.05 bits per heavy atom. The number of carbonyl (C=O) groups is 2. The fourth-order valence-electron chi connectivity index (χ4n) is 2.01. The average molecular weight is 278 g/mol. The van der Waals surface area contributed by atoms with Gasteiger partial charge in [0.25, 0.3) is 0 Å². The highest BCUT2D eigenvalue weighted by Gasteiger charge is 2.20. The molecule has 0 aromatic heterocycles. The second-order valence-corrected chi connectivity index (χ2v) is 5.11. The summed E-state index contributed by atoms with van der Waals surface area (Å²) in [6.07, 6.45) is 0.602. The maximum Gasteiger partial charge on any atom is 0.339 e. The molecule has 1 rings (SSSR count). The van der Waals surface area contributed by atoms with Gasteiger partial charge in [-0.1, -0.05) is 26.0 Å². The van der Waals surface area contributed by atoms with Crippen LogP contribution in [0.2, 0.25) is 0 Å². The van der Waals surface area contributed by atoms with Crippen molar-refractivity contribution in [3.8, 4) is 0 Å². The predicted molar refractivity (Wildman–Crippen MR) is 76.7 cm³/mol. The van der Waals surface area contributed by atoms with Gasteiger partial charge in [0.1, 0.15) is 0 Å². The largest absolute Gasteiger partial charge is 0.462 e. The number of hydrogen-bond acceptors (Lipinski definition) is 4. The van der Waals surface area contributed by atoms with Crippen LogP contribution in [-0.4, -0.2) is 24.6 Å². The van der Waals surface area contributed by atoms with Crippen molar-refractivity contribution in [2.75, 3.05) is 6.61 Å². The minimum absolute atomic E-state index is 0.183. The Morgan fingerprint density at radius 3 is 2.10 bits per heavy atom. The van der Waals surface area contributed by atoms with E-state index in [1.54, 1.807) is 31.2 Å². The SMILES string of the molecule is CCOC(=O)c1ccccc1C(=O)OC(C)CC(C)C. The lowest BCUT2D eigenvalue weighted by atomic mass is 10.1. The Hall–Kier alpha value is -1.84. The van der Waals surface area contributed by atoms with Crippen molar-refractivity contribution in [3.63, 3.8) is 0 Å². The van der Waals surface area contributed by atoms with E-state index in [0.29, 0.717) is 5.92 Å². The van der Waals surface area contributed by atoms with Gasteiger partial charge in [0.2, 0.25) is 0 Å². The molecule has 1 atom stereocenters. The molecule has 0 heterocycles. The molecule has 0 saturated heterocycles. The molecule has 0 aliphatic carbocycles. The molecule has 0 spiro atoms. The lowest BCUT2D eigenvalue weighted by Gasteiger charge is -2.16. The van der Waals surface area contributed by atoms with Gasteiger partial charge in [-0.25, -0.2) is 9.59 Å². The van der Waals surface area contributed by atoms with Gasteiger partial charge in [-0.3, -0.25) is 0 Å². The summed E-state index contributed by atoms with van der Waals surface area (Å²) in [5.41, 5.74) is 0.498. The zero-order valence-corrected chi connectivity index (χ0v) is 12.5. The van der Waals surface area contributed by atoms with E-state index in [1.165, 1.54) is 0 Å². The van der Waals surface area contributed by atoms with Gasteiger partial charge in [-0.05, 0) is 38.3 Å². The topological polar surface area (TPSA) is 52.6 Å². The van der Waals surface area contributed by atoms with Crippen LogP contribution in [0.3, 0.4) is 0 Å². The van der Waals surface area contributed by atoms with Crippen molar-refractivity contribution in [1.29, 1.82) is 0 Å². The molecule has 0 fully saturated rings. The summed E-state index contributed by atoms with van der Waals surface area (Å²) in [5, 5.41) is 0. The van der Waals surface area contributed by atoms with Crippen LogP contribution in [-0.2, 0) is 9.47 Å².